The van der Waals surface area contributed by atoms with Crippen molar-refractivity contribution in [3.05, 3.63) is 63.3 Å². The predicted octanol–water partition coefficient (Wildman–Crippen LogP) is 3.97. The van der Waals surface area contributed by atoms with Crippen molar-refractivity contribution in [3.8, 4) is 11.3 Å². The van der Waals surface area contributed by atoms with Gasteiger partial charge in [0.05, 0.1) is 16.6 Å². The molecule has 0 bridgehead atoms. The van der Waals surface area contributed by atoms with Gasteiger partial charge in [-0.3, -0.25) is 14.6 Å². The van der Waals surface area contributed by atoms with Crippen LogP contribution < -0.4 is 11.2 Å². The van der Waals surface area contributed by atoms with Crippen molar-refractivity contribution in [1.82, 2.24) is 9.97 Å². The van der Waals surface area contributed by atoms with Crippen LogP contribution in [-0.2, 0) is 5.41 Å². The maximum Gasteiger partial charge on any atom is 0.268 e. The molecule has 1 aliphatic rings. The molecule has 3 N–H and O–H groups in total. The van der Waals surface area contributed by atoms with Crippen LogP contribution >= 0.6 is 0 Å². The number of hydrogen-bond acceptors (Lipinski definition) is 3. The molecule has 1 fully saturated rings. The van der Waals surface area contributed by atoms with Gasteiger partial charge >= 0.3 is 0 Å². The first-order chi connectivity index (χ1) is 13.3. The molecule has 0 aliphatic heterocycles. The highest BCUT2D eigenvalue weighted by Gasteiger charge is 2.33. The van der Waals surface area contributed by atoms with Crippen molar-refractivity contribution in [2.75, 3.05) is 0 Å². The van der Waals surface area contributed by atoms with Crippen molar-refractivity contribution in [2.45, 2.75) is 44.9 Å². The lowest BCUT2D eigenvalue weighted by Crippen LogP contribution is -2.19. The molecule has 1 aliphatic carbocycles. The summed E-state index contributed by atoms with van der Waals surface area (Å²) in [4.78, 5) is 31.3. The number of nitrogens with two attached hydrogens (primary N) is 1. The molecule has 4 rings (SSSR count). The average molecular weight is 379 g/mol. The molecule has 1 aromatic carbocycles. The predicted molar refractivity (Wildman–Crippen MR) is 107 cm³/mol. The number of fused-ring (bicyclic) bond motifs is 1. The number of nitrogens with one attached hydrogen (secondary N) is 1. The van der Waals surface area contributed by atoms with Crippen LogP contribution in [0.25, 0.3) is 22.2 Å². The van der Waals surface area contributed by atoms with E-state index in [1.807, 2.05) is 13.0 Å². The van der Waals surface area contributed by atoms with Crippen molar-refractivity contribution in [1.29, 1.82) is 0 Å². The summed E-state index contributed by atoms with van der Waals surface area (Å²) < 4.78 is 15.0. The van der Waals surface area contributed by atoms with E-state index >= 15 is 4.39 Å². The molecule has 1 saturated carbocycles. The van der Waals surface area contributed by atoms with Gasteiger partial charge in [-0.15, -0.1) is 0 Å². The zero-order chi connectivity index (χ0) is 20.1. The number of aromatic nitrogens is 2. The molecule has 3 aromatic rings. The quantitative estimate of drug-likeness (QED) is 0.722. The summed E-state index contributed by atoms with van der Waals surface area (Å²) in [6.45, 7) is 4.04. The van der Waals surface area contributed by atoms with Gasteiger partial charge in [0.2, 0.25) is 0 Å². The van der Waals surface area contributed by atoms with Gasteiger partial charge in [-0.25, -0.2) is 4.39 Å². The number of H-pyrrole nitrogens is 1. The first-order valence-corrected chi connectivity index (χ1v) is 9.43. The fourth-order valence-electron chi connectivity index (χ4n) is 4.39. The number of rotatable bonds is 3. The van der Waals surface area contributed by atoms with Crippen LogP contribution in [0.2, 0.25) is 0 Å². The van der Waals surface area contributed by atoms with E-state index in [1.54, 1.807) is 6.07 Å². The lowest BCUT2D eigenvalue weighted by molar-refractivity contribution is 0.0997. The molecule has 2 aromatic heterocycles. The molecular weight excluding hydrogens is 357 g/mol. The third-order valence-corrected chi connectivity index (χ3v) is 5.94. The second-order valence-electron chi connectivity index (χ2n) is 7.91. The van der Waals surface area contributed by atoms with Crippen LogP contribution in [0.1, 0.15) is 54.2 Å². The van der Waals surface area contributed by atoms with E-state index < -0.39 is 5.91 Å². The van der Waals surface area contributed by atoms with Gasteiger partial charge in [0.1, 0.15) is 11.5 Å². The molecule has 0 atom stereocenters. The second kappa shape index (κ2) is 6.55. The van der Waals surface area contributed by atoms with Gasteiger partial charge in [0.25, 0.3) is 5.91 Å². The first-order valence-electron chi connectivity index (χ1n) is 9.43. The summed E-state index contributed by atoms with van der Waals surface area (Å²) >= 11 is 0. The van der Waals surface area contributed by atoms with E-state index in [0.29, 0.717) is 16.8 Å². The molecule has 5 nitrogen and oxygen atoms in total. The van der Waals surface area contributed by atoms with Crippen molar-refractivity contribution >= 4 is 16.8 Å². The number of aromatic amines is 1. The Bertz CT molecular complexity index is 1160. The summed E-state index contributed by atoms with van der Waals surface area (Å²) in [5.41, 5.74) is 7.95. The molecule has 1 amide bonds. The zero-order valence-corrected chi connectivity index (χ0v) is 15.9. The van der Waals surface area contributed by atoms with Gasteiger partial charge in [-0.1, -0.05) is 25.8 Å². The second-order valence-corrected chi connectivity index (χ2v) is 7.91. The number of halogens is 1. The van der Waals surface area contributed by atoms with Crippen molar-refractivity contribution in [3.63, 3.8) is 0 Å². The average Bonchev–Trinajstić information content (AvgIpc) is 3.10. The maximum absolute atomic E-state index is 15.0. The van der Waals surface area contributed by atoms with Crippen LogP contribution in [-0.4, -0.2) is 15.9 Å². The molecule has 0 radical (unpaired) electrons. The number of nitrogens with zero attached hydrogens (tertiary/aromatic N) is 1. The summed E-state index contributed by atoms with van der Waals surface area (Å²) in [7, 11) is 0. The summed E-state index contributed by atoms with van der Waals surface area (Å²) in [5.74, 6) is -1.02. The van der Waals surface area contributed by atoms with Gasteiger partial charge in [0.15, 0.2) is 5.43 Å². The molecule has 2 heterocycles. The Kier molecular flexibility index (Phi) is 4.29. The SMILES string of the molecule is Cc1cc(C2(C)CCCC2)c(F)cc1-c1cc(=O)c2c(C(N)=O)nccc2[nH]1. The van der Waals surface area contributed by atoms with Crippen LogP contribution in [0.4, 0.5) is 4.39 Å². The summed E-state index contributed by atoms with van der Waals surface area (Å²) in [5, 5.41) is 0.145. The Balaban J connectivity index is 1.88. The number of carbonyl (C=O) groups is 1. The fraction of sp³-hybridized carbons (Fsp3) is 0.318. The van der Waals surface area contributed by atoms with Crippen molar-refractivity contribution in [2.24, 2.45) is 5.73 Å². The first kappa shape index (κ1) is 18.3. The van der Waals surface area contributed by atoms with Gasteiger partial charge < -0.3 is 10.7 Å². The number of pyridine rings is 2. The smallest absolute Gasteiger partial charge is 0.268 e. The standard InChI is InChI=1S/C22H22FN3O2/c1-12-9-14(22(2)6-3-4-7-22)15(23)10-13(12)17-11-18(27)19-16(26-17)5-8-25-20(19)21(24)28/h5,8-11H,3-4,6-7H2,1-2H3,(H2,24,28)(H,26,27). The summed E-state index contributed by atoms with van der Waals surface area (Å²) in [6, 6.07) is 6.38. The minimum Gasteiger partial charge on any atom is -0.364 e. The Morgan fingerprint density at radius 2 is 1.96 bits per heavy atom. The van der Waals surface area contributed by atoms with E-state index in [1.165, 1.54) is 18.3 Å². The molecule has 144 valence electrons. The number of carbonyl (C=O) groups excluding carboxylic acids is 1. The number of hydrogen-bond donors (Lipinski definition) is 2. The third-order valence-electron chi connectivity index (χ3n) is 5.94. The molecule has 0 saturated heterocycles. The van der Waals surface area contributed by atoms with Gasteiger partial charge in [-0.2, -0.15) is 0 Å². The Hall–Kier alpha value is -3.02. The van der Waals surface area contributed by atoms with E-state index in [4.69, 9.17) is 5.73 Å². The van der Waals surface area contributed by atoms with Crippen molar-refractivity contribution < 1.29 is 9.18 Å². The lowest BCUT2D eigenvalue weighted by atomic mass is 9.79. The molecule has 0 unspecified atom stereocenters. The van der Waals surface area contributed by atoms with Crippen LogP contribution in [0.3, 0.4) is 0 Å². The number of primary amides is 1. The van der Waals surface area contributed by atoms with E-state index in [0.717, 1.165) is 36.8 Å². The Morgan fingerprint density at radius 1 is 1.25 bits per heavy atom. The Morgan fingerprint density at radius 3 is 2.64 bits per heavy atom. The molecule has 6 heteroatoms. The highest BCUT2D eigenvalue weighted by Crippen LogP contribution is 2.43. The monoisotopic (exact) mass is 379 g/mol. The van der Waals surface area contributed by atoms with E-state index in [-0.39, 0.29) is 27.7 Å². The fourth-order valence-corrected chi connectivity index (χ4v) is 4.39. The minimum atomic E-state index is -0.764. The Labute approximate surface area is 161 Å². The zero-order valence-electron chi connectivity index (χ0n) is 15.9. The largest absolute Gasteiger partial charge is 0.364 e. The number of aryl methyl sites for hydroxylation is 1. The van der Waals surface area contributed by atoms with Crippen LogP contribution in [0.15, 0.2) is 35.3 Å². The highest BCUT2D eigenvalue weighted by atomic mass is 19.1. The molecule has 28 heavy (non-hydrogen) atoms. The molecule has 0 spiro atoms. The summed E-state index contributed by atoms with van der Waals surface area (Å²) in [6.07, 6.45) is 5.62. The molecular formula is C22H22FN3O2. The van der Waals surface area contributed by atoms with Crippen LogP contribution in [0, 0.1) is 12.7 Å². The third kappa shape index (κ3) is 2.89. The van der Waals surface area contributed by atoms with Crippen LogP contribution in [0.5, 0.6) is 0 Å². The number of benzene rings is 1. The normalized spacial score (nSPS) is 15.8. The minimum absolute atomic E-state index is 0.0716. The number of amides is 1. The lowest BCUT2D eigenvalue weighted by Gasteiger charge is -2.26. The van der Waals surface area contributed by atoms with Gasteiger partial charge in [-0.05, 0) is 48.4 Å². The highest BCUT2D eigenvalue weighted by molar-refractivity contribution is 6.03. The van der Waals surface area contributed by atoms with Gasteiger partial charge in [0, 0.05) is 17.8 Å². The maximum atomic E-state index is 15.0. The van der Waals surface area contributed by atoms with E-state index in [2.05, 4.69) is 16.9 Å². The van der Waals surface area contributed by atoms with E-state index in [9.17, 15) is 9.59 Å². The topological polar surface area (TPSA) is 88.8 Å².